The topological polar surface area (TPSA) is 50.1 Å². The molecule has 0 aliphatic heterocycles. The van der Waals surface area contributed by atoms with Gasteiger partial charge in [-0.05, 0) is 42.5 Å². The van der Waals surface area contributed by atoms with Crippen LogP contribution >= 0.6 is 0 Å². The van der Waals surface area contributed by atoms with Gasteiger partial charge in [-0.2, -0.15) is 5.10 Å². The van der Waals surface area contributed by atoms with Crippen LogP contribution in [-0.2, 0) is 6.54 Å². The number of benzene rings is 1. The Morgan fingerprint density at radius 3 is 2.90 bits per heavy atom. The zero-order valence-electron chi connectivity index (χ0n) is 12.3. The summed E-state index contributed by atoms with van der Waals surface area (Å²) in [7, 11) is 0. The fourth-order valence-corrected chi connectivity index (χ4v) is 3.10. The molecule has 1 heterocycles. The molecule has 1 aliphatic carbocycles. The van der Waals surface area contributed by atoms with E-state index >= 15 is 0 Å². The second-order valence-corrected chi connectivity index (χ2v) is 5.86. The molecule has 1 fully saturated rings. The van der Waals surface area contributed by atoms with E-state index in [0.29, 0.717) is 12.5 Å². The molecule has 1 aromatic heterocycles. The second kappa shape index (κ2) is 6.87. The van der Waals surface area contributed by atoms with Crippen molar-refractivity contribution in [3.05, 3.63) is 48.3 Å². The molecule has 4 nitrogen and oxygen atoms in total. The van der Waals surface area contributed by atoms with Crippen LogP contribution in [-0.4, -0.2) is 27.5 Å². The lowest BCUT2D eigenvalue weighted by atomic mass is 10.0. The summed E-state index contributed by atoms with van der Waals surface area (Å²) in [6.07, 6.45) is 8.41. The molecule has 0 bridgehead atoms. The summed E-state index contributed by atoms with van der Waals surface area (Å²) in [5.74, 6) is 0.493. The van der Waals surface area contributed by atoms with Crippen molar-refractivity contribution < 1.29 is 5.11 Å². The first-order chi connectivity index (χ1) is 10.3. The Hall–Kier alpha value is -1.65. The fourth-order valence-electron chi connectivity index (χ4n) is 3.10. The van der Waals surface area contributed by atoms with Crippen molar-refractivity contribution in [3.63, 3.8) is 0 Å². The summed E-state index contributed by atoms with van der Waals surface area (Å²) in [4.78, 5) is 0. The minimum atomic E-state index is -0.207. The van der Waals surface area contributed by atoms with Crippen molar-refractivity contribution in [2.75, 3.05) is 6.54 Å². The highest BCUT2D eigenvalue weighted by atomic mass is 16.3. The summed E-state index contributed by atoms with van der Waals surface area (Å²) in [5, 5.41) is 17.8. The van der Waals surface area contributed by atoms with E-state index in [1.807, 2.05) is 29.1 Å². The molecule has 2 aromatic rings. The third-order valence-corrected chi connectivity index (χ3v) is 4.31. The summed E-state index contributed by atoms with van der Waals surface area (Å²) < 4.78 is 1.86. The lowest BCUT2D eigenvalue weighted by molar-refractivity contribution is 0.109. The highest BCUT2D eigenvalue weighted by Gasteiger charge is 2.22. The average Bonchev–Trinajstić information content (AvgIpc) is 3.21. The van der Waals surface area contributed by atoms with Gasteiger partial charge in [0.1, 0.15) is 0 Å². The number of hydrogen-bond acceptors (Lipinski definition) is 3. The van der Waals surface area contributed by atoms with E-state index in [-0.39, 0.29) is 6.10 Å². The molecule has 1 unspecified atom stereocenters. The molecule has 0 radical (unpaired) electrons. The zero-order chi connectivity index (χ0) is 14.5. The number of nitrogens with one attached hydrogen (secondary N) is 1. The largest absolute Gasteiger partial charge is 0.392 e. The predicted molar refractivity (Wildman–Crippen MR) is 83.2 cm³/mol. The molecule has 1 aromatic carbocycles. The first kappa shape index (κ1) is 14.3. The Morgan fingerprint density at radius 2 is 2.14 bits per heavy atom. The highest BCUT2D eigenvalue weighted by molar-refractivity contribution is 5.34. The van der Waals surface area contributed by atoms with Crippen LogP contribution in [0.1, 0.15) is 31.2 Å². The Bertz CT molecular complexity index is 547. The number of rotatable bonds is 6. The first-order valence-electron chi connectivity index (χ1n) is 7.80. The first-order valence-corrected chi connectivity index (χ1v) is 7.80. The SMILES string of the molecule is OC(CNCc1cccc(-n2cccn2)c1)C1CCCC1. The molecule has 0 amide bonds. The number of aliphatic hydroxyl groups excluding tert-OH is 1. The van der Waals surface area contributed by atoms with E-state index in [2.05, 4.69) is 22.5 Å². The van der Waals surface area contributed by atoms with E-state index in [1.54, 1.807) is 6.20 Å². The molecule has 4 heteroatoms. The standard InChI is InChI=1S/C17H23N3O/c21-17(15-6-1-2-7-15)13-18-12-14-5-3-8-16(11-14)20-10-4-9-19-20/h3-5,8-11,15,17-18,21H,1-2,6-7,12-13H2. The maximum Gasteiger partial charge on any atom is 0.0692 e. The monoisotopic (exact) mass is 285 g/mol. The van der Waals surface area contributed by atoms with Crippen molar-refractivity contribution in [2.24, 2.45) is 5.92 Å². The summed E-state index contributed by atoms with van der Waals surface area (Å²) in [6, 6.07) is 10.2. The smallest absolute Gasteiger partial charge is 0.0692 e. The van der Waals surface area contributed by atoms with E-state index in [1.165, 1.54) is 31.2 Å². The maximum atomic E-state index is 10.2. The maximum absolute atomic E-state index is 10.2. The van der Waals surface area contributed by atoms with Crippen LogP contribution in [0.2, 0.25) is 0 Å². The Kier molecular flexibility index (Phi) is 4.68. The van der Waals surface area contributed by atoms with Gasteiger partial charge in [-0.15, -0.1) is 0 Å². The molecule has 1 atom stereocenters. The van der Waals surface area contributed by atoms with Gasteiger partial charge >= 0.3 is 0 Å². The van der Waals surface area contributed by atoms with Crippen molar-refractivity contribution in [1.29, 1.82) is 0 Å². The van der Waals surface area contributed by atoms with Crippen LogP contribution in [0, 0.1) is 5.92 Å². The third kappa shape index (κ3) is 3.71. The van der Waals surface area contributed by atoms with Gasteiger partial charge in [0.25, 0.3) is 0 Å². The minimum absolute atomic E-state index is 0.207. The predicted octanol–water partition coefficient (Wildman–Crippen LogP) is 2.51. The quantitative estimate of drug-likeness (QED) is 0.857. The van der Waals surface area contributed by atoms with Crippen LogP contribution in [0.4, 0.5) is 0 Å². The Balaban J connectivity index is 1.52. The number of aromatic nitrogens is 2. The van der Waals surface area contributed by atoms with Crippen LogP contribution in [0.25, 0.3) is 5.69 Å². The van der Waals surface area contributed by atoms with Crippen molar-refractivity contribution in [2.45, 2.75) is 38.3 Å². The van der Waals surface area contributed by atoms with Gasteiger partial charge in [-0.1, -0.05) is 25.0 Å². The molecule has 0 saturated heterocycles. The molecule has 0 spiro atoms. The lowest BCUT2D eigenvalue weighted by Gasteiger charge is -2.18. The van der Waals surface area contributed by atoms with E-state index < -0.39 is 0 Å². The van der Waals surface area contributed by atoms with E-state index in [9.17, 15) is 5.11 Å². The third-order valence-electron chi connectivity index (χ3n) is 4.31. The zero-order valence-corrected chi connectivity index (χ0v) is 12.3. The second-order valence-electron chi connectivity index (χ2n) is 5.86. The molecule has 1 aliphatic rings. The van der Waals surface area contributed by atoms with Gasteiger partial charge in [0.05, 0.1) is 11.8 Å². The van der Waals surface area contributed by atoms with Gasteiger partial charge < -0.3 is 10.4 Å². The Morgan fingerprint density at radius 1 is 1.29 bits per heavy atom. The van der Waals surface area contributed by atoms with Gasteiger partial charge in [0.2, 0.25) is 0 Å². The van der Waals surface area contributed by atoms with Gasteiger partial charge in [0, 0.05) is 25.5 Å². The van der Waals surface area contributed by atoms with Gasteiger partial charge in [0.15, 0.2) is 0 Å². The molecule has 3 rings (SSSR count). The van der Waals surface area contributed by atoms with Crippen molar-refractivity contribution in [1.82, 2.24) is 15.1 Å². The fraction of sp³-hybridized carbons (Fsp3) is 0.471. The molecule has 2 N–H and O–H groups in total. The van der Waals surface area contributed by atoms with E-state index in [0.717, 1.165) is 12.2 Å². The average molecular weight is 285 g/mol. The van der Waals surface area contributed by atoms with Crippen LogP contribution in [0.3, 0.4) is 0 Å². The summed E-state index contributed by atoms with van der Waals surface area (Å²) >= 11 is 0. The van der Waals surface area contributed by atoms with E-state index in [4.69, 9.17) is 0 Å². The minimum Gasteiger partial charge on any atom is -0.392 e. The highest BCUT2D eigenvalue weighted by Crippen LogP contribution is 2.27. The number of nitrogens with zero attached hydrogens (tertiary/aromatic N) is 2. The van der Waals surface area contributed by atoms with Crippen LogP contribution < -0.4 is 5.32 Å². The van der Waals surface area contributed by atoms with Gasteiger partial charge in [-0.25, -0.2) is 4.68 Å². The summed E-state index contributed by atoms with van der Waals surface area (Å²) in [5.41, 5.74) is 2.28. The van der Waals surface area contributed by atoms with Crippen molar-refractivity contribution >= 4 is 0 Å². The van der Waals surface area contributed by atoms with Crippen molar-refractivity contribution in [3.8, 4) is 5.69 Å². The summed E-state index contributed by atoms with van der Waals surface area (Å²) in [6.45, 7) is 1.45. The Labute approximate surface area is 125 Å². The normalized spacial score (nSPS) is 17.2. The van der Waals surface area contributed by atoms with Crippen LogP contribution in [0.5, 0.6) is 0 Å². The molecule has 1 saturated carbocycles. The molecule has 21 heavy (non-hydrogen) atoms. The molecule has 112 valence electrons. The molecular formula is C17H23N3O. The number of hydrogen-bond donors (Lipinski definition) is 2. The van der Waals surface area contributed by atoms with Crippen LogP contribution in [0.15, 0.2) is 42.7 Å². The number of aliphatic hydroxyl groups is 1. The molecular weight excluding hydrogens is 262 g/mol. The van der Waals surface area contributed by atoms with Gasteiger partial charge in [-0.3, -0.25) is 0 Å². The lowest BCUT2D eigenvalue weighted by Crippen LogP contribution is -2.31.